The summed E-state index contributed by atoms with van der Waals surface area (Å²) in [7, 11) is -3.33. The molecule has 0 aliphatic carbocycles. The number of fused-ring (bicyclic) bond motifs is 1. The van der Waals surface area contributed by atoms with Crippen LogP contribution in [0.25, 0.3) is 10.8 Å². The fourth-order valence-corrected chi connectivity index (χ4v) is 6.28. The molecule has 7 heteroatoms. The van der Waals surface area contributed by atoms with Gasteiger partial charge in [0.25, 0.3) is 0 Å². The van der Waals surface area contributed by atoms with Gasteiger partial charge in [-0.1, -0.05) is 49.4 Å². The molecule has 28 heavy (non-hydrogen) atoms. The maximum absolute atomic E-state index is 12.5. The zero-order chi connectivity index (χ0) is 20.0. The van der Waals surface area contributed by atoms with Crippen LogP contribution in [-0.2, 0) is 20.6 Å². The van der Waals surface area contributed by atoms with Crippen molar-refractivity contribution in [3.63, 3.8) is 0 Å². The summed E-state index contributed by atoms with van der Waals surface area (Å²) in [5.41, 5.74) is 1.29. The van der Waals surface area contributed by atoms with Gasteiger partial charge in [-0.2, -0.15) is 16.1 Å². The van der Waals surface area contributed by atoms with Gasteiger partial charge in [-0.3, -0.25) is 4.79 Å². The maximum atomic E-state index is 12.5. The molecule has 1 saturated heterocycles. The first-order valence-electron chi connectivity index (χ1n) is 9.84. The van der Waals surface area contributed by atoms with Gasteiger partial charge in [0.1, 0.15) is 6.04 Å². The van der Waals surface area contributed by atoms with Gasteiger partial charge in [-0.05, 0) is 35.6 Å². The number of hydrogen-bond donors (Lipinski definition) is 1. The predicted octanol–water partition coefficient (Wildman–Crippen LogP) is 3.39. The van der Waals surface area contributed by atoms with Crippen LogP contribution in [-0.4, -0.2) is 49.3 Å². The van der Waals surface area contributed by atoms with E-state index in [1.54, 1.807) is 11.8 Å². The first kappa shape index (κ1) is 21.1. The lowest BCUT2D eigenvalue weighted by molar-refractivity contribution is -0.124. The number of rotatable bonds is 9. The number of benzene rings is 2. The van der Waals surface area contributed by atoms with Crippen LogP contribution in [0.1, 0.15) is 31.7 Å². The van der Waals surface area contributed by atoms with Gasteiger partial charge in [0.2, 0.25) is 15.9 Å². The van der Waals surface area contributed by atoms with Crippen molar-refractivity contribution >= 4 is 38.5 Å². The fraction of sp³-hybridized carbons (Fsp3) is 0.476. The van der Waals surface area contributed by atoms with E-state index in [9.17, 15) is 13.2 Å². The standard InChI is InChI=1S/C21H28N2O3S2/c1-2-15-28(25,26)23-13-6-11-20(23)21(24)22-12-14-27-16-18-9-5-8-17-7-3-4-10-19(17)18/h3-5,7-10,20H,2,6,11-16H2,1H3,(H,22,24). The van der Waals surface area contributed by atoms with Gasteiger partial charge < -0.3 is 5.32 Å². The van der Waals surface area contributed by atoms with Gasteiger partial charge in [-0.25, -0.2) is 8.42 Å². The average Bonchev–Trinajstić information content (AvgIpc) is 3.19. The molecule has 0 bridgehead atoms. The van der Waals surface area contributed by atoms with Crippen molar-refractivity contribution in [2.24, 2.45) is 0 Å². The number of carbonyl (C=O) groups is 1. The summed E-state index contributed by atoms with van der Waals surface area (Å²) in [5.74, 6) is 1.63. The normalized spacial score (nSPS) is 17.8. The van der Waals surface area contributed by atoms with Crippen molar-refractivity contribution in [1.82, 2.24) is 9.62 Å². The number of nitrogens with zero attached hydrogens (tertiary/aromatic N) is 1. The van der Waals surface area contributed by atoms with Crippen molar-refractivity contribution in [1.29, 1.82) is 0 Å². The topological polar surface area (TPSA) is 66.5 Å². The Hall–Kier alpha value is -1.57. The van der Waals surface area contributed by atoms with Gasteiger partial charge in [0, 0.05) is 24.6 Å². The van der Waals surface area contributed by atoms with Crippen molar-refractivity contribution in [3.8, 4) is 0 Å². The Labute approximate surface area is 171 Å². The van der Waals surface area contributed by atoms with Crippen LogP contribution in [0.4, 0.5) is 0 Å². The highest BCUT2D eigenvalue weighted by molar-refractivity contribution is 7.98. The van der Waals surface area contributed by atoms with E-state index in [2.05, 4.69) is 41.7 Å². The number of amides is 1. The molecule has 1 heterocycles. The van der Waals surface area contributed by atoms with E-state index in [4.69, 9.17) is 0 Å². The Kier molecular flexibility index (Phi) is 7.37. The molecule has 1 fully saturated rings. The van der Waals surface area contributed by atoms with Crippen molar-refractivity contribution < 1.29 is 13.2 Å². The van der Waals surface area contributed by atoms with Crippen LogP contribution in [0.5, 0.6) is 0 Å². The smallest absolute Gasteiger partial charge is 0.238 e. The highest BCUT2D eigenvalue weighted by Gasteiger charge is 2.37. The Morgan fingerprint density at radius 2 is 2.00 bits per heavy atom. The minimum atomic E-state index is -3.33. The van der Waals surface area contributed by atoms with Crippen LogP contribution in [0, 0.1) is 0 Å². The Balaban J connectivity index is 1.46. The van der Waals surface area contributed by atoms with Gasteiger partial charge >= 0.3 is 0 Å². The molecule has 1 amide bonds. The molecule has 1 aliphatic heterocycles. The molecule has 1 atom stereocenters. The van der Waals surface area contributed by atoms with Crippen LogP contribution in [0.15, 0.2) is 42.5 Å². The number of carbonyl (C=O) groups excluding carboxylic acids is 1. The van der Waals surface area contributed by atoms with E-state index < -0.39 is 16.1 Å². The van der Waals surface area contributed by atoms with E-state index in [-0.39, 0.29) is 11.7 Å². The van der Waals surface area contributed by atoms with E-state index in [0.717, 1.165) is 17.9 Å². The second-order valence-electron chi connectivity index (χ2n) is 7.07. The third kappa shape index (κ3) is 5.07. The second kappa shape index (κ2) is 9.76. The van der Waals surface area contributed by atoms with Crippen LogP contribution in [0.3, 0.4) is 0 Å². The van der Waals surface area contributed by atoms with Crippen LogP contribution >= 0.6 is 11.8 Å². The minimum Gasteiger partial charge on any atom is -0.354 e. The Morgan fingerprint density at radius 1 is 1.21 bits per heavy atom. The lowest BCUT2D eigenvalue weighted by Crippen LogP contribution is -2.47. The van der Waals surface area contributed by atoms with E-state index in [1.165, 1.54) is 20.6 Å². The lowest BCUT2D eigenvalue weighted by Gasteiger charge is -2.23. The quantitative estimate of drug-likeness (QED) is 0.632. The zero-order valence-electron chi connectivity index (χ0n) is 16.3. The molecule has 3 rings (SSSR count). The lowest BCUT2D eigenvalue weighted by atomic mass is 10.1. The number of nitrogens with one attached hydrogen (secondary N) is 1. The molecule has 1 aliphatic rings. The van der Waals surface area contributed by atoms with Gasteiger partial charge in [0.15, 0.2) is 0 Å². The largest absolute Gasteiger partial charge is 0.354 e. The van der Waals surface area contributed by atoms with Crippen LogP contribution in [0.2, 0.25) is 0 Å². The number of sulfonamides is 1. The Bertz CT molecular complexity index is 910. The minimum absolute atomic E-state index is 0.109. The van der Waals surface area contributed by atoms with Gasteiger partial charge in [-0.15, -0.1) is 0 Å². The third-order valence-corrected chi connectivity index (χ3v) is 8.09. The highest BCUT2D eigenvalue weighted by Crippen LogP contribution is 2.23. The average molecular weight is 421 g/mol. The molecule has 0 saturated carbocycles. The van der Waals surface area contributed by atoms with Crippen LogP contribution < -0.4 is 5.32 Å². The first-order chi connectivity index (χ1) is 13.5. The number of hydrogen-bond acceptors (Lipinski definition) is 4. The highest BCUT2D eigenvalue weighted by atomic mass is 32.2. The van der Waals surface area contributed by atoms with Crippen molar-refractivity contribution in [2.45, 2.75) is 38.0 Å². The molecule has 1 N–H and O–H groups in total. The molecule has 0 radical (unpaired) electrons. The molecular weight excluding hydrogens is 392 g/mol. The Morgan fingerprint density at radius 3 is 2.82 bits per heavy atom. The monoisotopic (exact) mass is 420 g/mol. The summed E-state index contributed by atoms with van der Waals surface area (Å²) in [6.07, 6.45) is 1.92. The molecule has 2 aromatic carbocycles. The fourth-order valence-electron chi connectivity index (χ4n) is 3.68. The second-order valence-corrected chi connectivity index (χ2v) is 10.2. The van der Waals surface area contributed by atoms with E-state index >= 15 is 0 Å². The summed E-state index contributed by atoms with van der Waals surface area (Å²) in [6, 6.07) is 14.1. The van der Waals surface area contributed by atoms with Crippen molar-refractivity contribution in [3.05, 3.63) is 48.0 Å². The van der Waals surface area contributed by atoms with E-state index in [1.807, 2.05) is 13.0 Å². The predicted molar refractivity (Wildman–Crippen MR) is 117 cm³/mol. The molecule has 0 spiro atoms. The van der Waals surface area contributed by atoms with E-state index in [0.29, 0.717) is 25.9 Å². The van der Waals surface area contributed by atoms with Gasteiger partial charge in [0.05, 0.1) is 5.75 Å². The SMILES string of the molecule is CCCS(=O)(=O)N1CCCC1C(=O)NCCSCc1cccc2ccccc12. The summed E-state index contributed by atoms with van der Waals surface area (Å²) < 4.78 is 26.1. The molecule has 152 valence electrons. The third-order valence-electron chi connectivity index (χ3n) is 5.01. The zero-order valence-corrected chi connectivity index (χ0v) is 17.9. The number of thioether (sulfide) groups is 1. The molecule has 1 unspecified atom stereocenters. The summed E-state index contributed by atoms with van der Waals surface area (Å²) >= 11 is 1.77. The first-order valence-corrected chi connectivity index (χ1v) is 12.6. The molecule has 5 nitrogen and oxygen atoms in total. The summed E-state index contributed by atoms with van der Waals surface area (Å²) in [5, 5.41) is 5.43. The molecule has 0 aromatic heterocycles. The maximum Gasteiger partial charge on any atom is 0.238 e. The van der Waals surface area contributed by atoms with Crippen molar-refractivity contribution in [2.75, 3.05) is 24.6 Å². The summed E-state index contributed by atoms with van der Waals surface area (Å²) in [4.78, 5) is 12.5. The summed E-state index contributed by atoms with van der Waals surface area (Å²) in [6.45, 7) is 2.85. The molecular formula is C21H28N2O3S2. The molecule has 2 aromatic rings.